The predicted octanol–water partition coefficient (Wildman–Crippen LogP) is 1.22. The van der Waals surface area contributed by atoms with E-state index in [4.69, 9.17) is 9.47 Å². The molecule has 0 saturated heterocycles. The van der Waals surface area contributed by atoms with Crippen molar-refractivity contribution in [1.29, 1.82) is 0 Å². The van der Waals surface area contributed by atoms with Crippen molar-refractivity contribution < 1.29 is 14.3 Å². The molecule has 0 radical (unpaired) electrons. The van der Waals surface area contributed by atoms with Crippen LogP contribution in [-0.2, 0) is 9.53 Å². The van der Waals surface area contributed by atoms with Gasteiger partial charge in [-0.3, -0.25) is 4.79 Å². The fourth-order valence-corrected chi connectivity index (χ4v) is 1.30. The maximum absolute atomic E-state index is 11.1. The zero-order chi connectivity index (χ0) is 12.0. The van der Waals surface area contributed by atoms with Crippen LogP contribution in [0.4, 0.5) is 5.95 Å². The Morgan fingerprint density at radius 3 is 3.00 bits per heavy atom. The Balaban J connectivity index is 2.57. The van der Waals surface area contributed by atoms with Gasteiger partial charge in [0.2, 0.25) is 11.8 Å². The van der Waals surface area contributed by atoms with Gasteiger partial charge in [0.1, 0.15) is 6.54 Å². The first-order chi connectivity index (χ1) is 7.67. The lowest BCUT2D eigenvalue weighted by atomic mass is 10.6. The summed E-state index contributed by atoms with van der Waals surface area (Å²) in [4.78, 5) is 19.0. The topological polar surface area (TPSA) is 73.3 Å². The first kappa shape index (κ1) is 12.7. The van der Waals surface area contributed by atoms with Crippen LogP contribution in [0, 0.1) is 0 Å². The lowest BCUT2D eigenvalue weighted by molar-refractivity contribution is -0.140. The summed E-state index contributed by atoms with van der Waals surface area (Å²) in [7, 11) is 1.50. The molecule has 0 aliphatic heterocycles. The molecule has 1 heterocycles. The van der Waals surface area contributed by atoms with Gasteiger partial charge in [0.25, 0.3) is 0 Å². The first-order valence-corrected chi connectivity index (χ1v) is 5.42. The zero-order valence-corrected chi connectivity index (χ0v) is 10.6. The summed E-state index contributed by atoms with van der Waals surface area (Å²) in [6.45, 7) is 2.13. The van der Waals surface area contributed by atoms with Crippen molar-refractivity contribution in [3.05, 3.63) is 10.7 Å². The average Bonchev–Trinajstić information content (AvgIpc) is 2.28. The summed E-state index contributed by atoms with van der Waals surface area (Å²) in [5.41, 5.74) is 0. The van der Waals surface area contributed by atoms with Gasteiger partial charge < -0.3 is 14.8 Å². The van der Waals surface area contributed by atoms with Crippen LogP contribution in [0.2, 0.25) is 0 Å². The summed E-state index contributed by atoms with van der Waals surface area (Å²) in [6.07, 6.45) is 1.54. The number of hydrogen-bond acceptors (Lipinski definition) is 6. The van der Waals surface area contributed by atoms with Crippen LogP contribution in [0.1, 0.15) is 6.92 Å². The molecule has 1 N–H and O–H groups in total. The third-order valence-corrected chi connectivity index (χ3v) is 2.15. The molecule has 1 aromatic rings. The van der Waals surface area contributed by atoms with Crippen molar-refractivity contribution in [1.82, 2.24) is 9.97 Å². The summed E-state index contributed by atoms with van der Waals surface area (Å²) in [5.74, 6) is 0.363. The molecule has 0 aliphatic carbocycles. The molecular weight excluding hydrogens is 278 g/mol. The molecule has 6 nitrogen and oxygen atoms in total. The Morgan fingerprint density at radius 1 is 1.62 bits per heavy atom. The molecule has 1 rings (SSSR count). The number of esters is 1. The third-order valence-electron chi connectivity index (χ3n) is 1.60. The molecule has 0 saturated carbocycles. The van der Waals surface area contributed by atoms with E-state index in [1.807, 2.05) is 0 Å². The number of hydrogen-bond donors (Lipinski definition) is 1. The molecule has 0 aliphatic rings. The molecule has 0 spiro atoms. The Hall–Kier alpha value is -1.37. The van der Waals surface area contributed by atoms with E-state index in [1.165, 1.54) is 7.11 Å². The van der Waals surface area contributed by atoms with Crippen LogP contribution in [0.5, 0.6) is 5.88 Å². The van der Waals surface area contributed by atoms with E-state index in [9.17, 15) is 4.79 Å². The normalized spacial score (nSPS) is 9.69. The van der Waals surface area contributed by atoms with Gasteiger partial charge in [-0.1, -0.05) is 0 Å². The number of nitrogens with zero attached hydrogens (tertiary/aromatic N) is 2. The highest BCUT2D eigenvalue weighted by molar-refractivity contribution is 9.10. The van der Waals surface area contributed by atoms with E-state index in [-0.39, 0.29) is 12.5 Å². The first-order valence-electron chi connectivity index (χ1n) is 4.63. The SMILES string of the molecule is CCOC(=O)CNc1ncc(Br)c(OC)n1. The monoisotopic (exact) mass is 289 g/mol. The van der Waals surface area contributed by atoms with E-state index in [0.29, 0.717) is 22.9 Å². The number of rotatable bonds is 5. The smallest absolute Gasteiger partial charge is 0.325 e. The van der Waals surface area contributed by atoms with Gasteiger partial charge in [-0.2, -0.15) is 4.98 Å². The average molecular weight is 290 g/mol. The van der Waals surface area contributed by atoms with Crippen LogP contribution in [0.25, 0.3) is 0 Å². The minimum Gasteiger partial charge on any atom is -0.480 e. The standard InChI is InChI=1S/C9H12BrN3O3/c1-3-16-7(14)5-12-9-11-4-6(10)8(13-9)15-2/h4H,3,5H2,1-2H3,(H,11,12,13). The second-order valence-corrected chi connectivity index (χ2v) is 3.56. The van der Waals surface area contributed by atoms with Crippen molar-refractivity contribution in [3.63, 3.8) is 0 Å². The minimum atomic E-state index is -0.354. The number of halogens is 1. The number of nitrogens with one attached hydrogen (secondary N) is 1. The number of carbonyl (C=O) groups excluding carboxylic acids is 1. The van der Waals surface area contributed by atoms with Crippen molar-refractivity contribution >= 4 is 27.8 Å². The van der Waals surface area contributed by atoms with E-state index < -0.39 is 0 Å². The van der Waals surface area contributed by atoms with Gasteiger partial charge >= 0.3 is 5.97 Å². The molecule has 0 bridgehead atoms. The van der Waals surface area contributed by atoms with Crippen molar-refractivity contribution in [3.8, 4) is 5.88 Å². The van der Waals surface area contributed by atoms with Gasteiger partial charge in [-0.15, -0.1) is 0 Å². The van der Waals surface area contributed by atoms with E-state index >= 15 is 0 Å². The quantitative estimate of drug-likeness (QED) is 0.822. The number of carbonyl (C=O) groups is 1. The van der Waals surface area contributed by atoms with Crippen molar-refractivity contribution in [2.75, 3.05) is 25.6 Å². The predicted molar refractivity (Wildman–Crippen MR) is 61.4 cm³/mol. The molecule has 0 amide bonds. The van der Waals surface area contributed by atoms with Gasteiger partial charge in [0.15, 0.2) is 0 Å². The van der Waals surface area contributed by atoms with Crippen LogP contribution in [-0.4, -0.2) is 36.2 Å². The Labute approximate surface area is 102 Å². The highest BCUT2D eigenvalue weighted by atomic mass is 79.9. The number of anilines is 1. The summed E-state index contributed by atoms with van der Waals surface area (Å²) >= 11 is 3.23. The largest absolute Gasteiger partial charge is 0.480 e. The molecule has 0 atom stereocenters. The van der Waals surface area contributed by atoms with Gasteiger partial charge in [0, 0.05) is 0 Å². The highest BCUT2D eigenvalue weighted by Crippen LogP contribution is 2.21. The molecule has 0 fully saturated rings. The second kappa shape index (κ2) is 6.26. The molecule has 0 unspecified atom stereocenters. The van der Waals surface area contributed by atoms with Gasteiger partial charge in [-0.25, -0.2) is 4.98 Å². The molecular formula is C9H12BrN3O3. The zero-order valence-electron chi connectivity index (χ0n) is 8.99. The van der Waals surface area contributed by atoms with Crippen LogP contribution < -0.4 is 10.1 Å². The molecule has 1 aromatic heterocycles. The Kier molecular flexibility index (Phi) is 4.97. The van der Waals surface area contributed by atoms with Crippen LogP contribution in [0.3, 0.4) is 0 Å². The molecule has 0 aromatic carbocycles. The summed E-state index contributed by atoms with van der Waals surface area (Å²) < 4.78 is 10.4. The molecule has 16 heavy (non-hydrogen) atoms. The van der Waals surface area contributed by atoms with Crippen LogP contribution >= 0.6 is 15.9 Å². The fourth-order valence-electron chi connectivity index (χ4n) is 0.943. The Bertz CT molecular complexity index is 373. The lowest BCUT2D eigenvalue weighted by Gasteiger charge is -2.06. The van der Waals surface area contributed by atoms with Crippen molar-refractivity contribution in [2.45, 2.75) is 6.92 Å². The number of methoxy groups -OCH3 is 1. The van der Waals surface area contributed by atoms with E-state index in [2.05, 4.69) is 31.2 Å². The third kappa shape index (κ3) is 3.65. The van der Waals surface area contributed by atoms with E-state index in [1.54, 1.807) is 13.1 Å². The van der Waals surface area contributed by atoms with Crippen molar-refractivity contribution in [2.24, 2.45) is 0 Å². The summed E-state index contributed by atoms with van der Waals surface area (Å²) in [6, 6.07) is 0. The highest BCUT2D eigenvalue weighted by Gasteiger charge is 2.06. The molecule has 88 valence electrons. The second-order valence-electron chi connectivity index (χ2n) is 2.71. The van der Waals surface area contributed by atoms with Gasteiger partial charge in [0.05, 0.1) is 24.4 Å². The maximum atomic E-state index is 11.1. The molecule has 7 heteroatoms. The maximum Gasteiger partial charge on any atom is 0.325 e. The number of aromatic nitrogens is 2. The summed E-state index contributed by atoms with van der Waals surface area (Å²) in [5, 5.41) is 2.73. The fraction of sp³-hybridized carbons (Fsp3) is 0.444. The van der Waals surface area contributed by atoms with Gasteiger partial charge in [-0.05, 0) is 22.9 Å². The van der Waals surface area contributed by atoms with E-state index in [0.717, 1.165) is 0 Å². The lowest BCUT2D eigenvalue weighted by Crippen LogP contribution is -2.18. The Morgan fingerprint density at radius 2 is 2.38 bits per heavy atom. The number of ether oxygens (including phenoxy) is 2. The van der Waals surface area contributed by atoms with Crippen LogP contribution in [0.15, 0.2) is 10.7 Å². The minimum absolute atomic E-state index is 0.0264.